The molecule has 0 aliphatic carbocycles. The Morgan fingerprint density at radius 2 is 1.62 bits per heavy atom. The molecule has 4 nitrogen and oxygen atoms in total. The smallest absolute Gasteiger partial charge is 0.307 e. The van der Waals surface area contributed by atoms with Crippen molar-refractivity contribution in [1.82, 2.24) is 0 Å². The quantitative estimate of drug-likeness (QED) is 0.150. The Kier molecular flexibility index (Phi) is 17.2. The Morgan fingerprint density at radius 3 is 2.24 bits per heavy atom. The second-order valence-corrected chi connectivity index (χ2v) is 8.25. The van der Waals surface area contributed by atoms with Crippen LogP contribution in [0.2, 0.25) is 0 Å². The van der Waals surface area contributed by atoms with Gasteiger partial charge in [0.2, 0.25) is 0 Å². The molecule has 4 heteroatoms. The minimum atomic E-state index is -0.887. The van der Waals surface area contributed by atoms with E-state index in [1.165, 1.54) is 12.8 Å². The SMILES string of the molecule is CCCCCC(/C=C/C=C\CCCCCCCC(=O)C(C)C)C(CC=O)C(=O)O. The highest BCUT2D eigenvalue weighted by Gasteiger charge is 2.25. The van der Waals surface area contributed by atoms with Crippen LogP contribution in [0.3, 0.4) is 0 Å². The molecule has 0 saturated carbocycles. The van der Waals surface area contributed by atoms with Crippen molar-refractivity contribution in [2.24, 2.45) is 17.8 Å². The van der Waals surface area contributed by atoms with E-state index in [4.69, 9.17) is 0 Å². The molecule has 0 spiro atoms. The number of unbranched alkanes of at least 4 members (excludes halogenated alkanes) is 7. The maximum atomic E-state index is 11.6. The first kappa shape index (κ1) is 27.3. The summed E-state index contributed by atoms with van der Waals surface area (Å²) in [7, 11) is 0. The number of Topliss-reactive ketones (excluding diaryl/α,β-unsaturated/α-hetero) is 1. The van der Waals surface area contributed by atoms with Gasteiger partial charge in [-0.05, 0) is 31.6 Å². The third kappa shape index (κ3) is 14.9. The molecular weight excluding hydrogens is 364 g/mol. The van der Waals surface area contributed by atoms with Crippen LogP contribution in [0.4, 0.5) is 0 Å². The van der Waals surface area contributed by atoms with E-state index in [9.17, 15) is 19.5 Å². The zero-order valence-corrected chi connectivity index (χ0v) is 18.8. The molecule has 166 valence electrons. The van der Waals surface area contributed by atoms with Crippen molar-refractivity contribution in [3.05, 3.63) is 24.3 Å². The van der Waals surface area contributed by atoms with E-state index >= 15 is 0 Å². The monoisotopic (exact) mass is 406 g/mol. The number of aliphatic carboxylic acids is 1. The molecular formula is C25H42O4. The van der Waals surface area contributed by atoms with Crippen molar-refractivity contribution in [1.29, 1.82) is 0 Å². The van der Waals surface area contributed by atoms with Gasteiger partial charge in [0.15, 0.2) is 0 Å². The minimum absolute atomic E-state index is 0.0724. The molecule has 29 heavy (non-hydrogen) atoms. The van der Waals surface area contributed by atoms with Gasteiger partial charge in [0.1, 0.15) is 12.1 Å². The first-order valence-corrected chi connectivity index (χ1v) is 11.5. The predicted octanol–water partition coefficient (Wildman–Crippen LogP) is 6.54. The molecule has 0 amide bonds. The van der Waals surface area contributed by atoms with Gasteiger partial charge in [0.25, 0.3) is 0 Å². The summed E-state index contributed by atoms with van der Waals surface area (Å²) in [4.78, 5) is 33.9. The maximum absolute atomic E-state index is 11.6. The Morgan fingerprint density at radius 1 is 0.931 bits per heavy atom. The fourth-order valence-corrected chi connectivity index (χ4v) is 3.39. The van der Waals surface area contributed by atoms with Crippen LogP contribution >= 0.6 is 0 Å². The zero-order valence-electron chi connectivity index (χ0n) is 18.8. The largest absolute Gasteiger partial charge is 0.481 e. The van der Waals surface area contributed by atoms with E-state index < -0.39 is 11.9 Å². The van der Waals surface area contributed by atoms with Crippen molar-refractivity contribution < 1.29 is 19.5 Å². The Labute approximate surface area is 177 Å². The molecule has 2 unspecified atom stereocenters. The fourth-order valence-electron chi connectivity index (χ4n) is 3.39. The van der Waals surface area contributed by atoms with E-state index in [0.717, 1.165) is 51.4 Å². The molecule has 0 aromatic carbocycles. The highest BCUT2D eigenvalue weighted by atomic mass is 16.4. The lowest BCUT2D eigenvalue weighted by Crippen LogP contribution is -2.23. The van der Waals surface area contributed by atoms with Crippen LogP contribution < -0.4 is 0 Å². The van der Waals surface area contributed by atoms with E-state index in [0.29, 0.717) is 18.5 Å². The van der Waals surface area contributed by atoms with Gasteiger partial charge in [0, 0.05) is 18.8 Å². The van der Waals surface area contributed by atoms with Crippen LogP contribution in [0.5, 0.6) is 0 Å². The predicted molar refractivity (Wildman–Crippen MR) is 120 cm³/mol. The number of carboxylic acid groups (broad SMARTS) is 1. The minimum Gasteiger partial charge on any atom is -0.481 e. The van der Waals surface area contributed by atoms with Gasteiger partial charge in [-0.15, -0.1) is 0 Å². The number of ketones is 1. The van der Waals surface area contributed by atoms with Crippen molar-refractivity contribution in [3.63, 3.8) is 0 Å². The summed E-state index contributed by atoms with van der Waals surface area (Å²) < 4.78 is 0. The van der Waals surface area contributed by atoms with Gasteiger partial charge in [-0.2, -0.15) is 0 Å². The first-order chi connectivity index (χ1) is 13.9. The fraction of sp³-hybridized carbons (Fsp3) is 0.720. The topological polar surface area (TPSA) is 71.4 Å². The lowest BCUT2D eigenvalue weighted by Gasteiger charge is -2.19. The second kappa shape index (κ2) is 18.3. The number of hydrogen-bond donors (Lipinski definition) is 1. The summed E-state index contributed by atoms with van der Waals surface area (Å²) in [6.45, 7) is 6.04. The third-order valence-corrected chi connectivity index (χ3v) is 5.37. The van der Waals surface area contributed by atoms with Crippen LogP contribution in [0.15, 0.2) is 24.3 Å². The molecule has 0 radical (unpaired) electrons. The Bertz CT molecular complexity index is 505. The number of carbonyl (C=O) groups is 3. The standard InChI is InChI=1S/C25H42O4/c1-4-5-13-16-22(23(19-20-26)25(28)29)17-14-11-9-7-6-8-10-12-15-18-24(27)21(2)3/h9,11,14,17,20-23H,4-8,10,12-13,15-16,18-19H2,1-3H3,(H,28,29)/b11-9-,17-14+. The number of rotatable bonds is 19. The van der Waals surface area contributed by atoms with Gasteiger partial charge in [-0.3, -0.25) is 9.59 Å². The number of hydrogen-bond acceptors (Lipinski definition) is 3. The Balaban J connectivity index is 4.17. The second-order valence-electron chi connectivity index (χ2n) is 8.25. The lowest BCUT2D eigenvalue weighted by atomic mass is 9.85. The van der Waals surface area contributed by atoms with Gasteiger partial charge >= 0.3 is 5.97 Å². The molecule has 2 atom stereocenters. The summed E-state index contributed by atoms with van der Waals surface area (Å²) >= 11 is 0. The van der Waals surface area contributed by atoms with Gasteiger partial charge in [-0.1, -0.05) is 83.6 Å². The Hall–Kier alpha value is -1.71. The average molecular weight is 407 g/mol. The van der Waals surface area contributed by atoms with Crippen LogP contribution in [-0.4, -0.2) is 23.1 Å². The maximum Gasteiger partial charge on any atom is 0.307 e. The molecule has 0 fully saturated rings. The van der Waals surface area contributed by atoms with E-state index in [2.05, 4.69) is 13.0 Å². The van der Waals surface area contributed by atoms with Crippen molar-refractivity contribution in [2.75, 3.05) is 0 Å². The van der Waals surface area contributed by atoms with Crippen LogP contribution in [0.1, 0.15) is 97.8 Å². The van der Waals surface area contributed by atoms with E-state index in [1.807, 2.05) is 32.1 Å². The van der Waals surface area contributed by atoms with Crippen LogP contribution in [0, 0.1) is 17.8 Å². The average Bonchev–Trinajstić information content (AvgIpc) is 2.68. The van der Waals surface area contributed by atoms with Gasteiger partial charge < -0.3 is 9.90 Å². The summed E-state index contributed by atoms with van der Waals surface area (Å²) in [5, 5.41) is 9.42. The van der Waals surface area contributed by atoms with Crippen molar-refractivity contribution in [2.45, 2.75) is 97.8 Å². The van der Waals surface area contributed by atoms with Crippen LogP contribution in [-0.2, 0) is 14.4 Å². The number of allylic oxidation sites excluding steroid dienone is 4. The zero-order chi connectivity index (χ0) is 21.9. The third-order valence-electron chi connectivity index (χ3n) is 5.37. The molecule has 0 aliphatic rings. The molecule has 0 heterocycles. The molecule has 0 saturated heterocycles. The summed E-state index contributed by atoms with van der Waals surface area (Å²) in [5.41, 5.74) is 0. The van der Waals surface area contributed by atoms with E-state index in [-0.39, 0.29) is 18.3 Å². The number of carboxylic acids is 1. The van der Waals surface area contributed by atoms with Crippen molar-refractivity contribution in [3.8, 4) is 0 Å². The normalized spacial score (nSPS) is 13.9. The highest BCUT2D eigenvalue weighted by molar-refractivity contribution is 5.80. The highest BCUT2D eigenvalue weighted by Crippen LogP contribution is 2.24. The van der Waals surface area contributed by atoms with Crippen LogP contribution in [0.25, 0.3) is 0 Å². The number of carbonyl (C=O) groups excluding carboxylic acids is 2. The molecule has 0 aromatic rings. The molecule has 0 rings (SSSR count). The van der Waals surface area contributed by atoms with Gasteiger partial charge in [-0.25, -0.2) is 0 Å². The lowest BCUT2D eigenvalue weighted by molar-refractivity contribution is -0.144. The summed E-state index contributed by atoms with van der Waals surface area (Å²) in [5.74, 6) is -1.09. The number of aldehydes is 1. The molecule has 0 bridgehead atoms. The molecule has 0 aromatic heterocycles. The summed E-state index contributed by atoms with van der Waals surface area (Å²) in [6.07, 6.45) is 20.1. The molecule has 1 N–H and O–H groups in total. The van der Waals surface area contributed by atoms with Gasteiger partial charge in [0.05, 0.1) is 5.92 Å². The molecule has 0 aliphatic heterocycles. The van der Waals surface area contributed by atoms with E-state index in [1.54, 1.807) is 0 Å². The first-order valence-electron chi connectivity index (χ1n) is 11.5. The summed E-state index contributed by atoms with van der Waals surface area (Å²) in [6, 6.07) is 0. The van der Waals surface area contributed by atoms with Crippen molar-refractivity contribution >= 4 is 18.0 Å².